The second-order valence-electron chi connectivity index (χ2n) is 4.78. The monoisotopic (exact) mass is 346 g/mol. The predicted molar refractivity (Wildman–Crippen MR) is 89.6 cm³/mol. The van der Waals surface area contributed by atoms with E-state index in [1.54, 1.807) is 25.3 Å². The van der Waals surface area contributed by atoms with Crippen LogP contribution in [-0.2, 0) is 4.74 Å². The Morgan fingerprint density at radius 1 is 1.29 bits per heavy atom. The standard InChI is InChI=1S/C17H15ClN2O4/c1-23-6-7-24-16-5-4-13(9-14(16)18)20-17(22)11-2-3-12(10-19)15(21)8-11/h2-5,8-9,21H,6-7H2,1H3,(H,20,22). The van der Waals surface area contributed by atoms with E-state index in [1.807, 2.05) is 6.07 Å². The van der Waals surface area contributed by atoms with Crippen LogP contribution in [0.2, 0.25) is 5.02 Å². The minimum atomic E-state index is -0.432. The number of phenols is 1. The second kappa shape index (κ2) is 8.20. The van der Waals surface area contributed by atoms with Crippen molar-refractivity contribution in [2.45, 2.75) is 0 Å². The van der Waals surface area contributed by atoms with Gasteiger partial charge in [0.15, 0.2) is 0 Å². The first-order valence-corrected chi connectivity index (χ1v) is 7.38. The van der Waals surface area contributed by atoms with Crippen LogP contribution in [0.25, 0.3) is 0 Å². The molecule has 1 amide bonds. The van der Waals surface area contributed by atoms with Gasteiger partial charge >= 0.3 is 0 Å². The number of amides is 1. The van der Waals surface area contributed by atoms with Crippen LogP contribution in [0, 0.1) is 11.3 Å². The second-order valence-corrected chi connectivity index (χ2v) is 5.19. The summed E-state index contributed by atoms with van der Waals surface area (Å²) in [5.41, 5.74) is 0.808. The Labute approximate surface area is 144 Å². The zero-order valence-corrected chi connectivity index (χ0v) is 13.6. The highest BCUT2D eigenvalue weighted by molar-refractivity contribution is 6.32. The summed E-state index contributed by atoms with van der Waals surface area (Å²) in [7, 11) is 1.57. The van der Waals surface area contributed by atoms with E-state index in [4.69, 9.17) is 26.3 Å². The lowest BCUT2D eigenvalue weighted by Crippen LogP contribution is -2.12. The number of carbonyl (C=O) groups is 1. The molecule has 2 rings (SSSR count). The van der Waals surface area contributed by atoms with Gasteiger partial charge in [-0.25, -0.2) is 0 Å². The van der Waals surface area contributed by atoms with Gasteiger partial charge in [0.1, 0.15) is 24.2 Å². The summed E-state index contributed by atoms with van der Waals surface area (Å²) in [6.07, 6.45) is 0. The van der Waals surface area contributed by atoms with Crippen molar-refractivity contribution >= 4 is 23.2 Å². The van der Waals surface area contributed by atoms with E-state index in [0.717, 1.165) is 0 Å². The van der Waals surface area contributed by atoms with Crippen molar-refractivity contribution in [3.63, 3.8) is 0 Å². The van der Waals surface area contributed by atoms with Crippen LogP contribution >= 0.6 is 11.6 Å². The molecule has 0 radical (unpaired) electrons. The molecule has 6 nitrogen and oxygen atoms in total. The normalized spacial score (nSPS) is 10.0. The molecule has 2 N–H and O–H groups in total. The van der Waals surface area contributed by atoms with Gasteiger partial charge in [-0.05, 0) is 36.4 Å². The Morgan fingerprint density at radius 3 is 2.71 bits per heavy atom. The lowest BCUT2D eigenvalue weighted by atomic mass is 10.1. The topological polar surface area (TPSA) is 91.6 Å². The number of ether oxygens (including phenoxy) is 2. The molecule has 0 bridgehead atoms. The molecular weight excluding hydrogens is 332 g/mol. The molecule has 7 heteroatoms. The Hall–Kier alpha value is -2.75. The summed E-state index contributed by atoms with van der Waals surface area (Å²) in [6, 6.07) is 10.7. The SMILES string of the molecule is COCCOc1ccc(NC(=O)c2ccc(C#N)c(O)c2)cc1Cl. The molecule has 0 aliphatic rings. The number of methoxy groups -OCH3 is 1. The third kappa shape index (κ3) is 4.38. The zero-order chi connectivity index (χ0) is 17.5. The number of phenolic OH excluding ortho intramolecular Hbond substituents is 1. The number of halogens is 1. The fraction of sp³-hybridized carbons (Fsp3) is 0.176. The third-order valence-electron chi connectivity index (χ3n) is 3.12. The number of rotatable bonds is 6. The smallest absolute Gasteiger partial charge is 0.255 e. The lowest BCUT2D eigenvalue weighted by molar-refractivity contribution is 0.102. The average molecular weight is 347 g/mol. The van der Waals surface area contributed by atoms with Crippen LogP contribution in [0.4, 0.5) is 5.69 Å². The molecule has 0 aliphatic heterocycles. The molecule has 0 heterocycles. The van der Waals surface area contributed by atoms with E-state index < -0.39 is 5.91 Å². The van der Waals surface area contributed by atoms with Gasteiger partial charge in [-0.3, -0.25) is 4.79 Å². The largest absolute Gasteiger partial charge is 0.507 e. The maximum Gasteiger partial charge on any atom is 0.255 e. The maximum atomic E-state index is 12.2. The molecule has 0 saturated carbocycles. The summed E-state index contributed by atoms with van der Waals surface area (Å²) in [5.74, 6) is -0.188. The van der Waals surface area contributed by atoms with Gasteiger partial charge in [-0.2, -0.15) is 5.26 Å². The molecule has 24 heavy (non-hydrogen) atoms. The fourth-order valence-electron chi connectivity index (χ4n) is 1.90. The molecule has 0 unspecified atom stereocenters. The van der Waals surface area contributed by atoms with Crippen molar-refractivity contribution in [3.8, 4) is 17.6 Å². The maximum absolute atomic E-state index is 12.2. The van der Waals surface area contributed by atoms with Crippen molar-refractivity contribution in [2.75, 3.05) is 25.6 Å². The van der Waals surface area contributed by atoms with Gasteiger partial charge in [0.2, 0.25) is 0 Å². The Balaban J connectivity index is 2.08. The quantitative estimate of drug-likeness (QED) is 0.784. The van der Waals surface area contributed by atoms with Crippen molar-refractivity contribution in [1.82, 2.24) is 0 Å². The first-order valence-electron chi connectivity index (χ1n) is 7.01. The van der Waals surface area contributed by atoms with Crippen LogP contribution < -0.4 is 10.1 Å². The van der Waals surface area contributed by atoms with Gasteiger partial charge in [-0.1, -0.05) is 11.6 Å². The van der Waals surface area contributed by atoms with E-state index in [2.05, 4.69) is 5.32 Å². The van der Waals surface area contributed by atoms with Crippen molar-refractivity contribution < 1.29 is 19.4 Å². The predicted octanol–water partition coefficient (Wildman–Crippen LogP) is 3.19. The molecule has 0 saturated heterocycles. The van der Waals surface area contributed by atoms with Gasteiger partial charge in [-0.15, -0.1) is 0 Å². The van der Waals surface area contributed by atoms with Gasteiger partial charge in [0, 0.05) is 18.4 Å². The molecule has 2 aromatic rings. The van der Waals surface area contributed by atoms with Crippen molar-refractivity contribution in [2.24, 2.45) is 0 Å². The summed E-state index contributed by atoms with van der Waals surface area (Å²) in [5, 5.41) is 21.4. The van der Waals surface area contributed by atoms with Crippen molar-refractivity contribution in [1.29, 1.82) is 5.26 Å². The van der Waals surface area contributed by atoms with Crippen LogP contribution in [0.3, 0.4) is 0 Å². The summed E-state index contributed by atoms with van der Waals surface area (Å²) < 4.78 is 10.3. The van der Waals surface area contributed by atoms with Crippen molar-refractivity contribution in [3.05, 3.63) is 52.5 Å². The highest BCUT2D eigenvalue weighted by Gasteiger charge is 2.11. The number of nitrogens with zero attached hydrogens (tertiary/aromatic N) is 1. The number of benzene rings is 2. The molecule has 0 spiro atoms. The molecule has 0 aliphatic carbocycles. The Bertz CT molecular complexity index is 787. The van der Waals surface area contributed by atoms with Crippen LogP contribution in [0.1, 0.15) is 15.9 Å². The third-order valence-corrected chi connectivity index (χ3v) is 3.41. The summed E-state index contributed by atoms with van der Waals surface area (Å²) in [4.78, 5) is 12.2. The number of hydrogen-bond acceptors (Lipinski definition) is 5. The highest BCUT2D eigenvalue weighted by Crippen LogP contribution is 2.28. The molecule has 0 aromatic heterocycles. The van der Waals surface area contributed by atoms with Gasteiger partial charge in [0.05, 0.1) is 17.2 Å². The number of carbonyl (C=O) groups excluding carboxylic acids is 1. The first kappa shape index (κ1) is 17.6. The number of aromatic hydroxyl groups is 1. The van der Waals surface area contributed by atoms with E-state index in [-0.39, 0.29) is 16.9 Å². The van der Waals surface area contributed by atoms with Crippen LogP contribution in [0.5, 0.6) is 11.5 Å². The summed E-state index contributed by atoms with van der Waals surface area (Å²) >= 11 is 6.11. The summed E-state index contributed by atoms with van der Waals surface area (Å²) in [6.45, 7) is 0.809. The number of nitriles is 1. The van der Waals surface area contributed by atoms with Crippen LogP contribution in [-0.4, -0.2) is 31.3 Å². The number of nitrogens with one attached hydrogen (secondary N) is 1. The van der Waals surface area contributed by atoms with E-state index in [9.17, 15) is 9.90 Å². The number of hydrogen-bond donors (Lipinski definition) is 2. The van der Waals surface area contributed by atoms with Crippen LogP contribution in [0.15, 0.2) is 36.4 Å². The zero-order valence-electron chi connectivity index (χ0n) is 12.9. The van der Waals surface area contributed by atoms with E-state index >= 15 is 0 Å². The Kier molecular flexibility index (Phi) is 6.01. The highest BCUT2D eigenvalue weighted by atomic mass is 35.5. The lowest BCUT2D eigenvalue weighted by Gasteiger charge is -2.10. The minimum Gasteiger partial charge on any atom is -0.507 e. The molecule has 0 fully saturated rings. The minimum absolute atomic E-state index is 0.104. The molecule has 2 aromatic carbocycles. The molecular formula is C17H15ClN2O4. The van der Waals surface area contributed by atoms with E-state index in [0.29, 0.717) is 29.7 Å². The molecule has 0 atom stereocenters. The number of anilines is 1. The molecule has 124 valence electrons. The Morgan fingerprint density at radius 2 is 2.08 bits per heavy atom. The van der Waals surface area contributed by atoms with Gasteiger partial charge in [0.25, 0.3) is 5.91 Å². The average Bonchev–Trinajstić information content (AvgIpc) is 2.57. The first-order chi connectivity index (χ1) is 11.5. The van der Waals surface area contributed by atoms with Gasteiger partial charge < -0.3 is 19.9 Å². The fourth-order valence-corrected chi connectivity index (χ4v) is 2.14. The van der Waals surface area contributed by atoms with E-state index in [1.165, 1.54) is 18.2 Å².